The van der Waals surface area contributed by atoms with E-state index in [1.54, 1.807) is 30.3 Å². The summed E-state index contributed by atoms with van der Waals surface area (Å²) in [6.45, 7) is 1.84. The first-order valence-electron chi connectivity index (χ1n) is 9.95. The van der Waals surface area contributed by atoms with E-state index in [9.17, 15) is 13.2 Å². The maximum Gasteiger partial charge on any atom is 0.243 e. The minimum atomic E-state index is -3.60. The molecule has 2 aliphatic heterocycles. The number of carbonyl (C=O) groups is 1. The van der Waals surface area contributed by atoms with Gasteiger partial charge in [0.15, 0.2) is 0 Å². The fraction of sp³-hybridized carbons (Fsp3) is 0.650. The van der Waals surface area contributed by atoms with Crippen LogP contribution in [0.2, 0.25) is 0 Å². The van der Waals surface area contributed by atoms with Crippen LogP contribution in [0.3, 0.4) is 0 Å². The van der Waals surface area contributed by atoms with Crippen LogP contribution in [0.15, 0.2) is 35.2 Å². The van der Waals surface area contributed by atoms with Gasteiger partial charge in [0.1, 0.15) is 0 Å². The van der Waals surface area contributed by atoms with E-state index in [0.29, 0.717) is 24.7 Å². The Hall–Kier alpha value is -1.44. The highest BCUT2D eigenvalue weighted by molar-refractivity contribution is 7.89. The van der Waals surface area contributed by atoms with Gasteiger partial charge in [-0.3, -0.25) is 4.79 Å². The monoisotopic (exact) mass is 392 g/mol. The predicted molar refractivity (Wildman–Crippen MR) is 102 cm³/mol. The molecule has 4 rings (SSSR count). The first-order valence-corrected chi connectivity index (χ1v) is 11.4. The van der Waals surface area contributed by atoms with Crippen molar-refractivity contribution >= 4 is 15.9 Å². The van der Waals surface area contributed by atoms with Crippen molar-refractivity contribution in [3.05, 3.63) is 30.3 Å². The molecule has 1 aromatic carbocycles. The highest BCUT2D eigenvalue weighted by Gasteiger charge is 2.53. The molecule has 6 nitrogen and oxygen atoms in total. The molecule has 1 unspecified atom stereocenters. The Morgan fingerprint density at radius 3 is 2.44 bits per heavy atom. The van der Waals surface area contributed by atoms with E-state index in [4.69, 9.17) is 4.74 Å². The van der Waals surface area contributed by atoms with Gasteiger partial charge in [0.05, 0.1) is 10.8 Å². The summed E-state index contributed by atoms with van der Waals surface area (Å²) in [5, 5.41) is 3.20. The SMILES string of the molecule is O=C(NC1CCCC1)C1CN(S(=O)(=O)c2ccccc2)CC12CCOCC2. The van der Waals surface area contributed by atoms with Crippen molar-refractivity contribution in [2.45, 2.75) is 49.5 Å². The van der Waals surface area contributed by atoms with Crippen LogP contribution in [-0.2, 0) is 19.6 Å². The van der Waals surface area contributed by atoms with Crippen LogP contribution in [0.4, 0.5) is 0 Å². The minimum absolute atomic E-state index is 0.0227. The van der Waals surface area contributed by atoms with Crippen molar-refractivity contribution in [1.29, 1.82) is 0 Å². The Morgan fingerprint density at radius 1 is 1.11 bits per heavy atom. The first-order chi connectivity index (χ1) is 13.0. The van der Waals surface area contributed by atoms with Crippen molar-refractivity contribution in [2.24, 2.45) is 11.3 Å². The average molecular weight is 393 g/mol. The number of ether oxygens (including phenoxy) is 1. The van der Waals surface area contributed by atoms with Gasteiger partial charge in [-0.2, -0.15) is 4.31 Å². The van der Waals surface area contributed by atoms with Gasteiger partial charge in [0.2, 0.25) is 15.9 Å². The molecule has 7 heteroatoms. The number of benzene rings is 1. The zero-order valence-corrected chi connectivity index (χ0v) is 16.4. The molecule has 1 aliphatic carbocycles. The number of amides is 1. The highest BCUT2D eigenvalue weighted by Crippen LogP contribution is 2.46. The lowest BCUT2D eigenvalue weighted by Crippen LogP contribution is -2.46. The van der Waals surface area contributed by atoms with Gasteiger partial charge in [-0.1, -0.05) is 31.0 Å². The van der Waals surface area contributed by atoms with Crippen molar-refractivity contribution < 1.29 is 17.9 Å². The van der Waals surface area contributed by atoms with Gasteiger partial charge < -0.3 is 10.1 Å². The maximum atomic E-state index is 13.1. The molecule has 0 bridgehead atoms. The van der Waals surface area contributed by atoms with E-state index in [1.807, 2.05) is 0 Å². The van der Waals surface area contributed by atoms with E-state index in [2.05, 4.69) is 5.32 Å². The van der Waals surface area contributed by atoms with Crippen molar-refractivity contribution in [1.82, 2.24) is 9.62 Å². The molecule has 3 aliphatic rings. The minimum Gasteiger partial charge on any atom is -0.381 e. The largest absolute Gasteiger partial charge is 0.381 e. The van der Waals surface area contributed by atoms with Crippen LogP contribution in [0.1, 0.15) is 38.5 Å². The van der Waals surface area contributed by atoms with E-state index < -0.39 is 10.0 Å². The van der Waals surface area contributed by atoms with Crippen LogP contribution >= 0.6 is 0 Å². The summed E-state index contributed by atoms with van der Waals surface area (Å²) < 4.78 is 33.3. The quantitative estimate of drug-likeness (QED) is 0.852. The molecule has 1 spiro atoms. The summed E-state index contributed by atoms with van der Waals surface area (Å²) in [7, 11) is -3.60. The van der Waals surface area contributed by atoms with Gasteiger partial charge in [-0.25, -0.2) is 8.42 Å². The third-order valence-electron chi connectivity index (χ3n) is 6.50. The second-order valence-corrected chi connectivity index (χ2v) is 10.1. The lowest BCUT2D eigenvalue weighted by molar-refractivity contribution is -0.130. The number of carbonyl (C=O) groups excluding carboxylic acids is 1. The van der Waals surface area contributed by atoms with Crippen LogP contribution in [0.5, 0.6) is 0 Å². The van der Waals surface area contributed by atoms with E-state index in [0.717, 1.165) is 38.5 Å². The maximum absolute atomic E-state index is 13.1. The Morgan fingerprint density at radius 2 is 1.78 bits per heavy atom. The van der Waals surface area contributed by atoms with E-state index in [1.165, 1.54) is 4.31 Å². The molecule has 27 heavy (non-hydrogen) atoms. The van der Waals surface area contributed by atoms with E-state index in [-0.39, 0.29) is 29.8 Å². The molecular formula is C20H28N2O4S. The smallest absolute Gasteiger partial charge is 0.243 e. The number of rotatable bonds is 4. The Balaban J connectivity index is 1.58. The highest BCUT2D eigenvalue weighted by atomic mass is 32.2. The Labute approximate surface area is 161 Å². The summed E-state index contributed by atoms with van der Waals surface area (Å²) in [6, 6.07) is 8.76. The summed E-state index contributed by atoms with van der Waals surface area (Å²) >= 11 is 0. The third kappa shape index (κ3) is 3.65. The molecule has 1 atom stereocenters. The molecule has 1 saturated carbocycles. The summed E-state index contributed by atoms with van der Waals surface area (Å²) in [5.41, 5.74) is -0.317. The molecule has 1 aromatic rings. The second-order valence-electron chi connectivity index (χ2n) is 8.13. The lowest BCUT2D eigenvalue weighted by atomic mass is 9.71. The summed E-state index contributed by atoms with van der Waals surface area (Å²) in [6.07, 6.45) is 5.83. The van der Waals surface area contributed by atoms with Crippen molar-refractivity contribution in [3.63, 3.8) is 0 Å². The fourth-order valence-electron chi connectivity index (χ4n) is 4.87. The van der Waals surface area contributed by atoms with Crippen molar-refractivity contribution in [2.75, 3.05) is 26.3 Å². The fourth-order valence-corrected chi connectivity index (χ4v) is 6.44. The molecule has 148 valence electrons. The van der Waals surface area contributed by atoms with Crippen LogP contribution in [-0.4, -0.2) is 51.0 Å². The lowest BCUT2D eigenvalue weighted by Gasteiger charge is -2.37. The van der Waals surface area contributed by atoms with E-state index >= 15 is 0 Å². The predicted octanol–water partition coefficient (Wildman–Crippen LogP) is 2.16. The molecule has 1 amide bonds. The standard InChI is InChI=1S/C20H28N2O4S/c23-19(21-16-6-4-5-7-16)18-14-22(15-20(18)10-12-26-13-11-20)27(24,25)17-8-2-1-3-9-17/h1-3,8-9,16,18H,4-7,10-15H2,(H,21,23). The average Bonchev–Trinajstić information content (AvgIpc) is 3.31. The molecule has 3 fully saturated rings. The number of hydrogen-bond donors (Lipinski definition) is 1. The van der Waals surface area contributed by atoms with Crippen molar-refractivity contribution in [3.8, 4) is 0 Å². The molecule has 0 radical (unpaired) electrons. The number of nitrogens with zero attached hydrogens (tertiary/aromatic N) is 1. The van der Waals surface area contributed by atoms with Gasteiger partial charge >= 0.3 is 0 Å². The third-order valence-corrected chi connectivity index (χ3v) is 8.33. The number of nitrogens with one attached hydrogen (secondary N) is 1. The second kappa shape index (κ2) is 7.53. The van der Waals surface area contributed by atoms with Gasteiger partial charge in [0.25, 0.3) is 0 Å². The van der Waals surface area contributed by atoms with Gasteiger partial charge in [-0.15, -0.1) is 0 Å². The van der Waals surface area contributed by atoms with Crippen LogP contribution in [0.25, 0.3) is 0 Å². The summed E-state index contributed by atoms with van der Waals surface area (Å²) in [4.78, 5) is 13.4. The van der Waals surface area contributed by atoms with Gasteiger partial charge in [0, 0.05) is 37.8 Å². The number of hydrogen-bond acceptors (Lipinski definition) is 4. The topological polar surface area (TPSA) is 75.7 Å². The molecule has 0 aromatic heterocycles. The normalized spacial score (nSPS) is 26.4. The summed E-state index contributed by atoms with van der Waals surface area (Å²) in [5.74, 6) is -0.282. The van der Waals surface area contributed by atoms with Gasteiger partial charge in [-0.05, 0) is 37.8 Å². The molecule has 1 N–H and O–H groups in total. The Bertz CT molecular complexity index is 768. The number of sulfonamides is 1. The molecule has 2 saturated heterocycles. The zero-order valence-electron chi connectivity index (χ0n) is 15.6. The first kappa shape index (κ1) is 18.9. The Kier molecular flexibility index (Phi) is 5.27. The molecular weight excluding hydrogens is 364 g/mol. The van der Waals surface area contributed by atoms with Crippen LogP contribution in [0, 0.1) is 11.3 Å². The molecule has 2 heterocycles. The zero-order chi connectivity index (χ0) is 18.9. The van der Waals surface area contributed by atoms with Crippen LogP contribution < -0.4 is 5.32 Å².